The number of aryl methyl sites for hydroxylation is 1. The summed E-state index contributed by atoms with van der Waals surface area (Å²) in [6.07, 6.45) is 5.91. The van der Waals surface area contributed by atoms with E-state index < -0.39 is 0 Å². The molecule has 0 atom stereocenters. The number of carbonyl (C=O) groups excluding carboxylic acids is 1. The van der Waals surface area contributed by atoms with Crippen LogP contribution in [-0.2, 0) is 11.3 Å². The van der Waals surface area contributed by atoms with E-state index >= 15 is 0 Å². The fraction of sp³-hybridized carbons (Fsp3) is 0.600. The first-order chi connectivity index (χ1) is 9.20. The number of nitrogens with one attached hydrogen (secondary N) is 1. The first-order valence-electron chi connectivity index (χ1n) is 7.06. The minimum Gasteiger partial charge on any atom is -0.450 e. The highest BCUT2D eigenvalue weighted by Crippen LogP contribution is 2.41. The lowest BCUT2D eigenvalue weighted by Gasteiger charge is -2.10. The summed E-state index contributed by atoms with van der Waals surface area (Å²) in [6.45, 7) is 5.06. The highest BCUT2D eigenvalue weighted by Gasteiger charge is 2.26. The second kappa shape index (κ2) is 6.55. The van der Waals surface area contributed by atoms with Gasteiger partial charge in [0.05, 0.1) is 18.8 Å². The van der Waals surface area contributed by atoms with Crippen LogP contribution in [0.2, 0.25) is 0 Å². The van der Waals surface area contributed by atoms with Crippen LogP contribution in [0.5, 0.6) is 0 Å². The van der Waals surface area contributed by atoms with Crippen LogP contribution in [0.3, 0.4) is 0 Å². The zero-order valence-electron chi connectivity index (χ0n) is 11.7. The molecule has 1 aromatic heterocycles. The number of hydrogen-bond donors (Lipinski definition) is 1. The Morgan fingerprint density at radius 1 is 1.53 bits per heavy atom. The predicted octanol–water partition coefficient (Wildman–Crippen LogP) is 3.29. The molecule has 0 spiro atoms. The van der Waals surface area contributed by atoms with Gasteiger partial charge in [0.15, 0.2) is 0 Å². The van der Waals surface area contributed by atoms with Crippen LogP contribution >= 0.6 is 0 Å². The van der Waals surface area contributed by atoms with Gasteiger partial charge in [-0.05, 0) is 43.2 Å². The molecule has 4 heteroatoms. The van der Waals surface area contributed by atoms with E-state index in [1.807, 2.05) is 6.20 Å². The monoisotopic (exact) mass is 262 g/mol. The van der Waals surface area contributed by atoms with Gasteiger partial charge in [-0.25, -0.2) is 4.79 Å². The molecule has 0 radical (unpaired) electrons. The summed E-state index contributed by atoms with van der Waals surface area (Å²) < 4.78 is 5.07. The van der Waals surface area contributed by atoms with E-state index in [1.165, 1.54) is 24.0 Å². The Kier molecular flexibility index (Phi) is 4.77. The van der Waals surface area contributed by atoms with Gasteiger partial charge in [-0.15, -0.1) is 0 Å². The summed E-state index contributed by atoms with van der Waals surface area (Å²) in [5.41, 5.74) is 3.44. The van der Waals surface area contributed by atoms with Crippen molar-refractivity contribution in [3.8, 4) is 0 Å². The number of nitrogens with zero attached hydrogens (tertiary/aromatic N) is 1. The molecular weight excluding hydrogens is 240 g/mol. The number of aromatic nitrogens is 1. The molecule has 0 bridgehead atoms. The third-order valence-electron chi connectivity index (χ3n) is 3.29. The van der Waals surface area contributed by atoms with E-state index in [9.17, 15) is 4.79 Å². The number of ether oxygens (including phenoxy) is 1. The van der Waals surface area contributed by atoms with Crippen molar-refractivity contribution < 1.29 is 9.53 Å². The minimum atomic E-state index is -0.349. The summed E-state index contributed by atoms with van der Waals surface area (Å²) in [6, 6.07) is 2.18. The van der Waals surface area contributed by atoms with Gasteiger partial charge in [-0.2, -0.15) is 0 Å². The molecule has 1 aliphatic carbocycles. The van der Waals surface area contributed by atoms with E-state index in [1.54, 1.807) is 0 Å². The smallest absolute Gasteiger partial charge is 0.407 e. The Morgan fingerprint density at radius 3 is 3.00 bits per heavy atom. The molecule has 1 fully saturated rings. The second-order valence-electron chi connectivity index (χ2n) is 5.17. The first kappa shape index (κ1) is 13.8. The van der Waals surface area contributed by atoms with Crippen LogP contribution in [0.25, 0.3) is 0 Å². The molecule has 1 aromatic rings. The maximum absolute atomic E-state index is 11.5. The van der Waals surface area contributed by atoms with Crippen LogP contribution in [0.4, 0.5) is 4.79 Å². The predicted molar refractivity (Wildman–Crippen MR) is 74.0 cm³/mol. The van der Waals surface area contributed by atoms with Crippen molar-refractivity contribution in [3.05, 3.63) is 29.1 Å². The molecule has 2 rings (SSSR count). The number of rotatable bonds is 6. The molecule has 1 N–H and O–H groups in total. The SMILES string of the molecule is CCCCOC(=O)NCc1ncc(C)cc1C1CC1. The van der Waals surface area contributed by atoms with Gasteiger partial charge in [-0.1, -0.05) is 19.4 Å². The number of amides is 1. The largest absolute Gasteiger partial charge is 0.450 e. The fourth-order valence-corrected chi connectivity index (χ4v) is 2.03. The molecule has 1 saturated carbocycles. The summed E-state index contributed by atoms with van der Waals surface area (Å²) in [5, 5.41) is 2.78. The van der Waals surface area contributed by atoms with Crippen LogP contribution < -0.4 is 5.32 Å². The number of pyridine rings is 1. The average Bonchev–Trinajstić information content (AvgIpc) is 3.22. The second-order valence-corrected chi connectivity index (χ2v) is 5.17. The third kappa shape index (κ3) is 4.23. The highest BCUT2D eigenvalue weighted by molar-refractivity contribution is 5.67. The van der Waals surface area contributed by atoms with Crippen LogP contribution in [-0.4, -0.2) is 17.7 Å². The lowest BCUT2D eigenvalue weighted by molar-refractivity contribution is 0.144. The average molecular weight is 262 g/mol. The normalized spacial score (nSPS) is 14.2. The van der Waals surface area contributed by atoms with Crippen LogP contribution in [0.15, 0.2) is 12.3 Å². The molecule has 1 amide bonds. The van der Waals surface area contributed by atoms with Crippen molar-refractivity contribution in [3.63, 3.8) is 0 Å². The number of alkyl carbamates (subject to hydrolysis) is 1. The molecule has 1 heterocycles. The molecule has 0 aromatic carbocycles. The maximum atomic E-state index is 11.5. The van der Waals surface area contributed by atoms with Gasteiger partial charge in [0.2, 0.25) is 0 Å². The van der Waals surface area contributed by atoms with Crippen LogP contribution in [0, 0.1) is 6.92 Å². The topological polar surface area (TPSA) is 51.2 Å². The Hall–Kier alpha value is -1.58. The minimum absolute atomic E-state index is 0.349. The van der Waals surface area contributed by atoms with Gasteiger partial charge in [0.1, 0.15) is 0 Å². The summed E-state index contributed by atoms with van der Waals surface area (Å²) in [4.78, 5) is 15.9. The number of unbranched alkanes of at least 4 members (excludes halogenated alkanes) is 1. The number of hydrogen-bond acceptors (Lipinski definition) is 3. The van der Waals surface area contributed by atoms with E-state index in [0.29, 0.717) is 19.1 Å². The van der Waals surface area contributed by atoms with Crippen molar-refractivity contribution in [1.82, 2.24) is 10.3 Å². The zero-order valence-corrected chi connectivity index (χ0v) is 11.7. The molecule has 0 saturated heterocycles. The van der Waals surface area contributed by atoms with Gasteiger partial charge in [-0.3, -0.25) is 4.98 Å². The van der Waals surface area contributed by atoms with Crippen LogP contribution in [0.1, 0.15) is 55.3 Å². The zero-order chi connectivity index (χ0) is 13.7. The third-order valence-corrected chi connectivity index (χ3v) is 3.29. The van der Waals surface area contributed by atoms with Gasteiger partial charge >= 0.3 is 6.09 Å². The van der Waals surface area contributed by atoms with E-state index in [2.05, 4.69) is 30.2 Å². The fourth-order valence-electron chi connectivity index (χ4n) is 2.03. The lowest BCUT2D eigenvalue weighted by Crippen LogP contribution is -2.25. The molecule has 19 heavy (non-hydrogen) atoms. The van der Waals surface area contributed by atoms with Gasteiger partial charge < -0.3 is 10.1 Å². The summed E-state index contributed by atoms with van der Waals surface area (Å²) >= 11 is 0. The van der Waals surface area contributed by atoms with E-state index in [0.717, 1.165) is 18.5 Å². The quantitative estimate of drug-likeness (QED) is 0.800. The van der Waals surface area contributed by atoms with Gasteiger partial charge in [0.25, 0.3) is 0 Å². The number of carbonyl (C=O) groups is 1. The molecule has 0 aliphatic heterocycles. The molecule has 104 valence electrons. The Balaban J connectivity index is 1.87. The van der Waals surface area contributed by atoms with Gasteiger partial charge in [0, 0.05) is 6.20 Å². The van der Waals surface area contributed by atoms with E-state index in [-0.39, 0.29) is 6.09 Å². The Bertz CT molecular complexity index is 442. The lowest BCUT2D eigenvalue weighted by atomic mass is 10.1. The first-order valence-corrected chi connectivity index (χ1v) is 7.06. The standard InChI is InChI=1S/C15H22N2O2/c1-3-4-7-19-15(18)17-10-14-13(12-5-6-12)8-11(2)9-16-14/h8-9,12H,3-7,10H2,1-2H3,(H,17,18). The Labute approximate surface area is 114 Å². The summed E-state index contributed by atoms with van der Waals surface area (Å²) in [7, 11) is 0. The van der Waals surface area contributed by atoms with Crippen molar-refractivity contribution in [2.75, 3.05) is 6.61 Å². The molecule has 1 aliphatic rings. The van der Waals surface area contributed by atoms with E-state index in [4.69, 9.17) is 4.74 Å². The molecule has 0 unspecified atom stereocenters. The van der Waals surface area contributed by atoms with Crippen molar-refractivity contribution in [2.45, 2.75) is 52.0 Å². The molecular formula is C15H22N2O2. The Morgan fingerprint density at radius 2 is 2.32 bits per heavy atom. The maximum Gasteiger partial charge on any atom is 0.407 e. The van der Waals surface area contributed by atoms with Crippen molar-refractivity contribution in [2.24, 2.45) is 0 Å². The van der Waals surface area contributed by atoms with Crippen molar-refractivity contribution >= 4 is 6.09 Å². The molecule has 4 nitrogen and oxygen atoms in total. The highest BCUT2D eigenvalue weighted by atomic mass is 16.5. The summed E-state index contributed by atoms with van der Waals surface area (Å²) in [5.74, 6) is 0.639. The van der Waals surface area contributed by atoms with Crippen molar-refractivity contribution in [1.29, 1.82) is 0 Å².